The highest BCUT2D eigenvalue weighted by molar-refractivity contribution is 6.34. The summed E-state index contributed by atoms with van der Waals surface area (Å²) in [5, 5.41) is 10.6. The lowest BCUT2D eigenvalue weighted by Gasteiger charge is -2.30. The molecular weight excluding hydrogens is 354 g/mol. The number of hydrogen-bond acceptors (Lipinski definition) is 3. The van der Waals surface area contributed by atoms with Gasteiger partial charge in [-0.15, -0.1) is 0 Å². The summed E-state index contributed by atoms with van der Waals surface area (Å²) < 4.78 is 5.38. The summed E-state index contributed by atoms with van der Waals surface area (Å²) in [4.78, 5) is 26.0. The quantitative estimate of drug-likeness (QED) is 0.731. The summed E-state index contributed by atoms with van der Waals surface area (Å²) in [6.07, 6.45) is 2.13. The average Bonchev–Trinajstić information content (AvgIpc) is 3.07. The molecule has 1 N–H and O–H groups in total. The van der Waals surface area contributed by atoms with E-state index in [9.17, 15) is 14.7 Å². The molecule has 0 bridgehead atoms. The van der Waals surface area contributed by atoms with Gasteiger partial charge in [0.1, 0.15) is 5.58 Å². The SMILES string of the molecule is Cc1cc2c(c(Cl)c1C(=O)O)CCN(C(=O)c1ccc3ccoc3c1)C2. The first-order valence-corrected chi connectivity index (χ1v) is 8.64. The number of carboxylic acid groups (broad SMARTS) is 1. The van der Waals surface area contributed by atoms with E-state index in [0.29, 0.717) is 36.2 Å². The molecule has 1 aliphatic rings. The number of aryl methyl sites for hydroxylation is 1. The molecular formula is C20H16ClNO4. The van der Waals surface area contributed by atoms with Gasteiger partial charge >= 0.3 is 5.97 Å². The second kappa shape index (κ2) is 6.18. The lowest BCUT2D eigenvalue weighted by molar-refractivity contribution is 0.0691. The van der Waals surface area contributed by atoms with Crippen molar-refractivity contribution in [1.29, 1.82) is 0 Å². The maximum Gasteiger partial charge on any atom is 0.337 e. The fraction of sp³-hybridized carbons (Fsp3) is 0.200. The summed E-state index contributed by atoms with van der Waals surface area (Å²) in [6.45, 7) is 2.62. The average molecular weight is 370 g/mol. The number of aromatic carboxylic acids is 1. The summed E-state index contributed by atoms with van der Waals surface area (Å²) >= 11 is 6.33. The van der Waals surface area contributed by atoms with E-state index in [1.165, 1.54) is 0 Å². The number of furan rings is 1. The van der Waals surface area contributed by atoms with Gasteiger partial charge in [-0.25, -0.2) is 4.79 Å². The Hall–Kier alpha value is -2.79. The minimum atomic E-state index is -1.03. The Bertz CT molecular complexity index is 1050. The third kappa shape index (κ3) is 2.65. The van der Waals surface area contributed by atoms with Gasteiger partial charge in [0.2, 0.25) is 0 Å². The minimum Gasteiger partial charge on any atom is -0.478 e. The Balaban J connectivity index is 1.65. The van der Waals surface area contributed by atoms with E-state index in [4.69, 9.17) is 16.0 Å². The Morgan fingerprint density at radius 3 is 2.81 bits per heavy atom. The molecule has 0 saturated carbocycles. The fourth-order valence-corrected chi connectivity index (χ4v) is 3.98. The number of carboxylic acids is 1. The second-order valence-electron chi connectivity index (χ2n) is 6.48. The summed E-state index contributed by atoms with van der Waals surface area (Å²) in [6, 6.07) is 9.08. The number of nitrogens with zero attached hydrogens (tertiary/aromatic N) is 1. The third-order valence-electron chi connectivity index (χ3n) is 4.85. The van der Waals surface area contributed by atoms with E-state index >= 15 is 0 Å². The maximum atomic E-state index is 12.9. The molecule has 6 heteroatoms. The second-order valence-corrected chi connectivity index (χ2v) is 6.85. The summed E-state index contributed by atoms with van der Waals surface area (Å²) in [7, 11) is 0. The minimum absolute atomic E-state index is 0.0787. The molecule has 0 unspecified atom stereocenters. The van der Waals surface area contributed by atoms with Gasteiger partial charge in [0.15, 0.2) is 0 Å². The van der Waals surface area contributed by atoms with Crippen molar-refractivity contribution in [2.45, 2.75) is 19.9 Å². The number of carbonyl (C=O) groups excluding carboxylic acids is 1. The fourth-order valence-electron chi connectivity index (χ4n) is 3.53. The largest absolute Gasteiger partial charge is 0.478 e. The van der Waals surface area contributed by atoms with Crippen molar-refractivity contribution in [3.8, 4) is 0 Å². The maximum absolute atomic E-state index is 12.9. The van der Waals surface area contributed by atoms with Crippen LogP contribution in [0.25, 0.3) is 11.0 Å². The van der Waals surface area contributed by atoms with Crippen LogP contribution in [0.2, 0.25) is 5.02 Å². The van der Waals surface area contributed by atoms with E-state index < -0.39 is 5.97 Å². The highest BCUT2D eigenvalue weighted by Gasteiger charge is 2.27. The zero-order valence-electron chi connectivity index (χ0n) is 14.1. The molecule has 0 radical (unpaired) electrons. The lowest BCUT2D eigenvalue weighted by atomic mass is 9.93. The van der Waals surface area contributed by atoms with E-state index in [0.717, 1.165) is 16.5 Å². The monoisotopic (exact) mass is 369 g/mol. The zero-order valence-corrected chi connectivity index (χ0v) is 14.8. The van der Waals surface area contributed by atoms with Crippen LogP contribution in [0.5, 0.6) is 0 Å². The molecule has 132 valence electrons. The first-order chi connectivity index (χ1) is 12.5. The van der Waals surface area contributed by atoms with Gasteiger partial charge in [0.05, 0.1) is 16.8 Å². The number of rotatable bonds is 2. The van der Waals surface area contributed by atoms with Gasteiger partial charge < -0.3 is 14.4 Å². The molecule has 1 aromatic heterocycles. The number of carbonyl (C=O) groups is 2. The van der Waals surface area contributed by atoms with Crippen LogP contribution in [0.15, 0.2) is 41.0 Å². The molecule has 3 aromatic rings. The van der Waals surface area contributed by atoms with Crippen LogP contribution in [0.1, 0.15) is 37.4 Å². The van der Waals surface area contributed by atoms with Crippen molar-refractivity contribution in [1.82, 2.24) is 4.90 Å². The van der Waals surface area contributed by atoms with E-state index in [2.05, 4.69) is 0 Å². The zero-order chi connectivity index (χ0) is 18.4. The number of amides is 1. The molecule has 1 aliphatic heterocycles. The van der Waals surface area contributed by atoms with E-state index in [1.807, 2.05) is 18.2 Å². The van der Waals surface area contributed by atoms with Crippen molar-refractivity contribution >= 4 is 34.4 Å². The van der Waals surface area contributed by atoms with Gasteiger partial charge in [-0.05, 0) is 48.2 Å². The first-order valence-electron chi connectivity index (χ1n) is 8.26. The first kappa shape index (κ1) is 16.7. The van der Waals surface area contributed by atoms with Crippen molar-refractivity contribution in [2.75, 3.05) is 6.54 Å². The molecule has 0 atom stereocenters. The van der Waals surface area contributed by atoms with Crippen molar-refractivity contribution in [2.24, 2.45) is 0 Å². The number of benzene rings is 2. The normalized spacial score (nSPS) is 13.7. The third-order valence-corrected chi connectivity index (χ3v) is 5.27. The number of fused-ring (bicyclic) bond motifs is 2. The van der Waals surface area contributed by atoms with Crippen LogP contribution < -0.4 is 0 Å². The molecule has 26 heavy (non-hydrogen) atoms. The smallest absolute Gasteiger partial charge is 0.337 e. The lowest BCUT2D eigenvalue weighted by Crippen LogP contribution is -2.36. The molecule has 4 rings (SSSR count). The van der Waals surface area contributed by atoms with Crippen LogP contribution in [-0.4, -0.2) is 28.4 Å². The van der Waals surface area contributed by atoms with Crippen molar-refractivity contribution in [3.05, 3.63) is 69.4 Å². The molecule has 0 aliphatic carbocycles. The highest BCUT2D eigenvalue weighted by Crippen LogP contribution is 2.32. The van der Waals surface area contributed by atoms with Gasteiger partial charge in [0, 0.05) is 24.0 Å². The van der Waals surface area contributed by atoms with Crippen LogP contribution in [0.4, 0.5) is 0 Å². The van der Waals surface area contributed by atoms with Crippen LogP contribution >= 0.6 is 11.6 Å². The van der Waals surface area contributed by atoms with Crippen molar-refractivity contribution in [3.63, 3.8) is 0 Å². The van der Waals surface area contributed by atoms with Gasteiger partial charge in [-0.1, -0.05) is 23.7 Å². The summed E-state index contributed by atoms with van der Waals surface area (Å²) in [5.74, 6) is -1.11. The molecule has 2 heterocycles. The van der Waals surface area contributed by atoms with Gasteiger partial charge in [-0.2, -0.15) is 0 Å². The standard InChI is InChI=1S/C20H16ClNO4/c1-11-8-14-10-22(6-4-15(14)18(21)17(11)20(24)25)19(23)13-3-2-12-5-7-26-16(12)9-13/h2-3,5,7-9H,4,6,10H2,1H3,(H,24,25). The van der Waals surface area contributed by atoms with Crippen molar-refractivity contribution < 1.29 is 19.1 Å². The Kier molecular flexibility index (Phi) is 3.96. The van der Waals surface area contributed by atoms with Crippen LogP contribution in [0, 0.1) is 6.92 Å². The molecule has 2 aromatic carbocycles. The molecule has 0 fully saturated rings. The molecule has 5 nitrogen and oxygen atoms in total. The van der Waals surface area contributed by atoms with E-state index in [-0.39, 0.29) is 16.5 Å². The van der Waals surface area contributed by atoms with E-state index in [1.54, 1.807) is 30.2 Å². The van der Waals surface area contributed by atoms with Crippen LogP contribution in [0.3, 0.4) is 0 Å². The molecule has 1 amide bonds. The topological polar surface area (TPSA) is 70.8 Å². The van der Waals surface area contributed by atoms with Gasteiger partial charge in [-0.3, -0.25) is 4.79 Å². The number of halogens is 1. The highest BCUT2D eigenvalue weighted by atomic mass is 35.5. The number of hydrogen-bond donors (Lipinski definition) is 1. The summed E-state index contributed by atoms with van der Waals surface area (Å²) in [5.41, 5.74) is 3.72. The predicted molar refractivity (Wildman–Crippen MR) is 97.8 cm³/mol. The molecule has 0 spiro atoms. The van der Waals surface area contributed by atoms with Gasteiger partial charge in [0.25, 0.3) is 5.91 Å². The molecule has 0 saturated heterocycles. The Labute approximate surface area is 154 Å². The van der Waals surface area contributed by atoms with Crippen LogP contribution in [-0.2, 0) is 13.0 Å². The Morgan fingerprint density at radius 2 is 2.04 bits per heavy atom. The Morgan fingerprint density at radius 1 is 1.23 bits per heavy atom. The predicted octanol–water partition coefficient (Wildman–Crippen LogP) is 4.29.